The zero-order valence-electron chi connectivity index (χ0n) is 26.1. The van der Waals surface area contributed by atoms with Crippen molar-refractivity contribution in [2.45, 2.75) is 77.0 Å². The first-order valence-electron chi connectivity index (χ1n) is 15.6. The third-order valence-corrected chi connectivity index (χ3v) is 9.98. The largest absolute Gasteiger partial charge is 0.493 e. The number of aryl methyl sites for hydroxylation is 1. The van der Waals surface area contributed by atoms with Crippen LogP contribution < -0.4 is 9.47 Å². The summed E-state index contributed by atoms with van der Waals surface area (Å²) >= 11 is 0. The Labute approximate surface area is 255 Å². The van der Waals surface area contributed by atoms with Gasteiger partial charge in [0.25, 0.3) is 0 Å². The van der Waals surface area contributed by atoms with Crippen LogP contribution in [0.4, 0.5) is 0 Å². The van der Waals surface area contributed by atoms with Crippen LogP contribution in [0.2, 0.25) is 0 Å². The molecule has 2 aromatic carbocycles. The van der Waals surface area contributed by atoms with Crippen molar-refractivity contribution in [3.8, 4) is 11.5 Å². The lowest BCUT2D eigenvalue weighted by atomic mass is 9.51. The molecule has 43 heavy (non-hydrogen) atoms. The molecule has 7 nitrogen and oxygen atoms in total. The highest BCUT2D eigenvalue weighted by molar-refractivity contribution is 5.92. The van der Waals surface area contributed by atoms with Crippen molar-refractivity contribution in [1.29, 1.82) is 0 Å². The number of benzene rings is 2. The van der Waals surface area contributed by atoms with Gasteiger partial charge in [-0.15, -0.1) is 0 Å². The van der Waals surface area contributed by atoms with Crippen LogP contribution in [-0.2, 0) is 26.2 Å². The minimum absolute atomic E-state index is 0.0317. The van der Waals surface area contributed by atoms with E-state index >= 15 is 0 Å². The molecule has 0 radical (unpaired) electrons. The van der Waals surface area contributed by atoms with E-state index < -0.39 is 0 Å². The first kappa shape index (κ1) is 29.5. The standard InChI is InChI=1S/C36H44N2O5/c1-22(2)20-38(32(40)15-10-26-9-7-8-23(3)18-26)29-13-12-28-30-19-27-11-14-31(41-6)34-33(27)36(28,35(29)43-34)16-17-37(30)21-24(4)42-25(5)39/h7-11,14-15,18,22,28-30,35H,4,12-13,16-17,19-21H2,1-3,5-6H3/t28-,29+,30+,35-,36-/m0/s1. The molecule has 2 heterocycles. The minimum Gasteiger partial charge on any atom is -0.493 e. The average molecular weight is 585 g/mol. The van der Waals surface area contributed by atoms with Gasteiger partial charge in [-0.25, -0.2) is 0 Å². The highest BCUT2D eigenvalue weighted by Crippen LogP contribution is 2.64. The normalized spacial score (nSPS) is 27.0. The van der Waals surface area contributed by atoms with Gasteiger partial charge in [0.2, 0.25) is 5.91 Å². The van der Waals surface area contributed by atoms with Crippen molar-refractivity contribution >= 4 is 18.0 Å². The van der Waals surface area contributed by atoms with Crippen LogP contribution in [0.1, 0.15) is 62.3 Å². The first-order chi connectivity index (χ1) is 20.6. The number of nitrogens with zero attached hydrogens (tertiary/aromatic N) is 2. The first-order valence-corrected chi connectivity index (χ1v) is 15.6. The van der Waals surface area contributed by atoms with Crippen LogP contribution >= 0.6 is 0 Å². The van der Waals surface area contributed by atoms with Crippen molar-refractivity contribution in [2.24, 2.45) is 11.8 Å². The fourth-order valence-electron chi connectivity index (χ4n) is 8.55. The monoisotopic (exact) mass is 584 g/mol. The topological polar surface area (TPSA) is 68.3 Å². The summed E-state index contributed by atoms with van der Waals surface area (Å²) in [5, 5.41) is 0. The highest BCUT2D eigenvalue weighted by atomic mass is 16.5. The van der Waals surface area contributed by atoms with Crippen molar-refractivity contribution in [3.63, 3.8) is 0 Å². The molecule has 0 aromatic heterocycles. The number of esters is 1. The van der Waals surface area contributed by atoms with Crippen LogP contribution in [0.5, 0.6) is 11.5 Å². The van der Waals surface area contributed by atoms with Crippen molar-refractivity contribution in [1.82, 2.24) is 9.80 Å². The summed E-state index contributed by atoms with van der Waals surface area (Å²) in [6.07, 6.45) is 7.18. The Balaban J connectivity index is 1.37. The minimum atomic E-state index is -0.333. The molecule has 1 saturated carbocycles. The smallest absolute Gasteiger partial charge is 0.307 e. The fraction of sp³-hybridized carbons (Fsp3) is 0.500. The summed E-state index contributed by atoms with van der Waals surface area (Å²) in [4.78, 5) is 30.2. The maximum absolute atomic E-state index is 14.0. The molecule has 4 aliphatic rings. The van der Waals surface area contributed by atoms with Gasteiger partial charge in [-0.1, -0.05) is 56.3 Å². The Morgan fingerprint density at radius 2 is 2.05 bits per heavy atom. The molecule has 2 aromatic rings. The molecule has 2 bridgehead atoms. The summed E-state index contributed by atoms with van der Waals surface area (Å²) < 4.78 is 18.2. The number of rotatable bonds is 9. The number of ether oxygens (including phenoxy) is 3. The Bertz CT molecular complexity index is 1460. The molecule has 1 amide bonds. The van der Waals surface area contributed by atoms with Crippen molar-refractivity contribution in [3.05, 3.63) is 77.1 Å². The second-order valence-corrected chi connectivity index (χ2v) is 13.2. The zero-order chi connectivity index (χ0) is 30.5. The van der Waals surface area contributed by atoms with Gasteiger partial charge in [-0.05, 0) is 74.3 Å². The van der Waals surface area contributed by atoms with E-state index in [-0.39, 0.29) is 35.5 Å². The quantitative estimate of drug-likeness (QED) is 0.215. The SMILES string of the molecule is C=C(CN1CC[C@]23c4c5ccc(OC)c4O[C@H]2[C@H](N(CC(C)C)C(=O)C=Cc2cccc(C)c2)CC[C@H]3[C@H]1C5)OC(C)=O. The summed E-state index contributed by atoms with van der Waals surface area (Å²) in [6, 6.07) is 12.7. The number of likely N-dealkylation sites (tertiary alicyclic amines) is 1. The molecular formula is C36H44N2O5. The Hall–Kier alpha value is -3.58. The van der Waals surface area contributed by atoms with E-state index in [1.165, 1.54) is 23.6 Å². The molecule has 0 unspecified atom stereocenters. The van der Waals surface area contributed by atoms with Gasteiger partial charge in [0.05, 0.1) is 19.7 Å². The van der Waals surface area contributed by atoms with Crippen molar-refractivity contribution in [2.75, 3.05) is 26.7 Å². The predicted molar refractivity (Wildman–Crippen MR) is 167 cm³/mol. The molecule has 2 aliphatic heterocycles. The number of hydrogen-bond acceptors (Lipinski definition) is 6. The molecule has 2 fully saturated rings. The number of piperidine rings is 1. The molecule has 2 aliphatic carbocycles. The Morgan fingerprint density at radius 1 is 1.23 bits per heavy atom. The van der Waals surface area contributed by atoms with E-state index in [2.05, 4.69) is 55.3 Å². The van der Waals surface area contributed by atoms with Crippen molar-refractivity contribution < 1.29 is 23.8 Å². The lowest BCUT2D eigenvalue weighted by molar-refractivity contribution is -0.141. The summed E-state index contributed by atoms with van der Waals surface area (Å²) in [5.74, 6) is 2.49. The van der Waals surface area contributed by atoms with Gasteiger partial charge in [0.1, 0.15) is 11.9 Å². The predicted octanol–water partition coefficient (Wildman–Crippen LogP) is 5.69. The van der Waals surface area contributed by atoms with E-state index in [0.29, 0.717) is 30.7 Å². The molecule has 1 spiro atoms. The van der Waals surface area contributed by atoms with Crippen LogP contribution in [0.3, 0.4) is 0 Å². The third-order valence-electron chi connectivity index (χ3n) is 9.98. The molecule has 228 valence electrons. The number of hydrogen-bond donors (Lipinski definition) is 0. The third kappa shape index (κ3) is 5.16. The number of carbonyl (C=O) groups excluding carboxylic acids is 2. The maximum Gasteiger partial charge on any atom is 0.307 e. The molecule has 5 atom stereocenters. The lowest BCUT2D eigenvalue weighted by Crippen LogP contribution is -2.69. The van der Waals surface area contributed by atoms with Crippen LogP contribution in [0.15, 0.2) is 54.8 Å². The number of methoxy groups -OCH3 is 1. The van der Waals surface area contributed by atoms with E-state index in [1.54, 1.807) is 13.2 Å². The molecule has 0 N–H and O–H groups in total. The van der Waals surface area contributed by atoms with E-state index in [4.69, 9.17) is 14.2 Å². The summed E-state index contributed by atoms with van der Waals surface area (Å²) in [7, 11) is 1.70. The Kier molecular flexibility index (Phi) is 7.88. The van der Waals surface area contributed by atoms with Gasteiger partial charge in [-0.3, -0.25) is 14.5 Å². The summed E-state index contributed by atoms with van der Waals surface area (Å²) in [6.45, 7) is 13.9. The lowest BCUT2D eigenvalue weighted by Gasteiger charge is -2.60. The van der Waals surface area contributed by atoms with Gasteiger partial charge in [0.15, 0.2) is 11.5 Å². The highest BCUT2D eigenvalue weighted by Gasteiger charge is 2.66. The molecular weight excluding hydrogens is 540 g/mol. The average Bonchev–Trinajstić information content (AvgIpc) is 3.30. The van der Waals surface area contributed by atoms with E-state index in [0.717, 1.165) is 49.3 Å². The van der Waals surface area contributed by atoms with Gasteiger partial charge in [0, 0.05) is 36.6 Å². The maximum atomic E-state index is 14.0. The molecule has 1 saturated heterocycles. The fourth-order valence-corrected chi connectivity index (χ4v) is 8.55. The number of carbonyl (C=O) groups is 2. The summed E-state index contributed by atoms with van der Waals surface area (Å²) in [5.41, 5.74) is 4.58. The van der Waals surface area contributed by atoms with Crippen LogP contribution in [-0.4, -0.2) is 66.6 Å². The van der Waals surface area contributed by atoms with Gasteiger partial charge in [-0.2, -0.15) is 0 Å². The second-order valence-electron chi connectivity index (χ2n) is 13.2. The zero-order valence-corrected chi connectivity index (χ0v) is 26.1. The van der Waals surface area contributed by atoms with Crippen LogP contribution in [0.25, 0.3) is 6.08 Å². The van der Waals surface area contributed by atoms with Crippen LogP contribution in [0, 0.1) is 18.8 Å². The number of amides is 1. The molecule has 7 heteroatoms. The van der Waals surface area contributed by atoms with E-state index in [1.807, 2.05) is 24.3 Å². The molecule has 6 rings (SSSR count). The second kappa shape index (κ2) is 11.5. The van der Waals surface area contributed by atoms with E-state index in [9.17, 15) is 9.59 Å². The van der Waals surface area contributed by atoms with Gasteiger partial charge >= 0.3 is 5.97 Å². The Morgan fingerprint density at radius 3 is 2.77 bits per heavy atom. The van der Waals surface area contributed by atoms with Gasteiger partial charge < -0.3 is 19.1 Å².